The molecule has 0 spiro atoms. The van der Waals surface area contributed by atoms with Crippen molar-refractivity contribution < 1.29 is 30.6 Å². The van der Waals surface area contributed by atoms with Gasteiger partial charge in [-0.1, -0.05) is 37.5 Å². The summed E-state index contributed by atoms with van der Waals surface area (Å²) in [5.41, 5.74) is -5.21. The van der Waals surface area contributed by atoms with Crippen LogP contribution in [0.3, 0.4) is 0 Å². The number of hydrogen-bond donors (Lipinski definition) is 0. The van der Waals surface area contributed by atoms with Crippen molar-refractivity contribution in [1.29, 1.82) is 0 Å². The minimum atomic E-state index is -5.74. The van der Waals surface area contributed by atoms with Crippen LogP contribution >= 0.6 is 0 Å². The summed E-state index contributed by atoms with van der Waals surface area (Å²) in [6.07, 6.45) is 6.13. The maximum atomic E-state index is 12.8. The second-order valence-corrected chi connectivity index (χ2v) is 8.64. The molecule has 1 unspecified atom stereocenters. The average molecular weight is 405 g/mol. The monoisotopic (exact) mass is 405 g/mol. The zero-order valence-electron chi connectivity index (χ0n) is 14.7. The van der Waals surface area contributed by atoms with Crippen molar-refractivity contribution in [1.82, 2.24) is 4.90 Å². The lowest BCUT2D eigenvalue weighted by molar-refractivity contribution is -0.133. The van der Waals surface area contributed by atoms with Crippen molar-refractivity contribution >= 4 is 16.0 Å². The number of para-hydroxylation sites is 1. The van der Waals surface area contributed by atoms with Gasteiger partial charge in [0, 0.05) is 18.5 Å². The highest BCUT2D eigenvalue weighted by molar-refractivity contribution is 7.88. The van der Waals surface area contributed by atoms with Crippen LogP contribution in [0.25, 0.3) is 0 Å². The third-order valence-electron chi connectivity index (χ3n) is 5.29. The first-order chi connectivity index (χ1) is 12.7. The SMILES string of the molecule is O=C1C(Cc2ccccc2OS(=O)(=O)C(F)(F)F)CCN1C1CCCCC1. The molecule has 1 atom stereocenters. The number of benzene rings is 1. The number of amides is 1. The zero-order chi connectivity index (χ0) is 19.7. The molecule has 150 valence electrons. The fourth-order valence-electron chi connectivity index (χ4n) is 3.89. The summed E-state index contributed by atoms with van der Waals surface area (Å²) in [5, 5.41) is 0. The molecule has 1 saturated carbocycles. The standard InChI is InChI=1S/C18H22F3NO4S/c19-18(20,21)27(24,25)26-16-9-5-4-6-13(16)12-14-10-11-22(17(14)23)15-7-2-1-3-8-15/h4-6,9,14-15H,1-3,7-8,10-12H2. The van der Waals surface area contributed by atoms with E-state index in [1.807, 2.05) is 4.90 Å². The molecule has 0 radical (unpaired) electrons. The Hall–Kier alpha value is -1.77. The number of nitrogens with zero attached hydrogens (tertiary/aromatic N) is 1. The Kier molecular flexibility index (Phi) is 5.69. The Bertz CT molecular complexity index is 788. The quantitative estimate of drug-likeness (QED) is 0.554. The fourth-order valence-corrected chi connectivity index (χ4v) is 4.39. The molecule has 0 N–H and O–H groups in total. The van der Waals surface area contributed by atoms with Crippen LogP contribution in [-0.2, 0) is 21.3 Å². The molecular formula is C18H22F3NO4S. The van der Waals surface area contributed by atoms with E-state index < -0.39 is 15.6 Å². The first kappa shape index (κ1) is 20.0. The molecule has 1 saturated heterocycles. The van der Waals surface area contributed by atoms with Crippen LogP contribution in [0.2, 0.25) is 0 Å². The first-order valence-electron chi connectivity index (χ1n) is 9.08. The van der Waals surface area contributed by atoms with Gasteiger partial charge in [-0.05, 0) is 37.3 Å². The molecule has 1 aliphatic carbocycles. The van der Waals surface area contributed by atoms with E-state index in [9.17, 15) is 26.4 Å². The Labute approximate surface area is 156 Å². The van der Waals surface area contributed by atoms with Gasteiger partial charge in [0.05, 0.1) is 0 Å². The third-order valence-corrected chi connectivity index (χ3v) is 6.25. The highest BCUT2D eigenvalue weighted by atomic mass is 32.2. The van der Waals surface area contributed by atoms with Crippen LogP contribution in [0, 0.1) is 5.92 Å². The van der Waals surface area contributed by atoms with Gasteiger partial charge in [-0.2, -0.15) is 21.6 Å². The van der Waals surface area contributed by atoms with E-state index >= 15 is 0 Å². The van der Waals surface area contributed by atoms with Crippen molar-refractivity contribution in [2.75, 3.05) is 6.54 Å². The smallest absolute Gasteiger partial charge is 0.376 e. The largest absolute Gasteiger partial charge is 0.534 e. The van der Waals surface area contributed by atoms with E-state index in [-0.39, 0.29) is 35.6 Å². The Morgan fingerprint density at radius 3 is 2.41 bits per heavy atom. The van der Waals surface area contributed by atoms with Gasteiger partial charge >= 0.3 is 15.6 Å². The van der Waals surface area contributed by atoms with Gasteiger partial charge in [0.1, 0.15) is 5.75 Å². The molecule has 1 aromatic carbocycles. The second kappa shape index (κ2) is 7.69. The summed E-state index contributed by atoms with van der Waals surface area (Å²) >= 11 is 0. The van der Waals surface area contributed by atoms with Crippen molar-refractivity contribution in [2.45, 2.75) is 56.5 Å². The van der Waals surface area contributed by atoms with Crippen LogP contribution in [0.15, 0.2) is 24.3 Å². The number of carbonyl (C=O) groups is 1. The molecule has 1 heterocycles. The molecule has 5 nitrogen and oxygen atoms in total. The van der Waals surface area contributed by atoms with Crippen molar-refractivity contribution in [3.05, 3.63) is 29.8 Å². The molecular weight excluding hydrogens is 383 g/mol. The Morgan fingerprint density at radius 2 is 1.74 bits per heavy atom. The molecule has 2 aliphatic rings. The molecule has 0 bridgehead atoms. The van der Waals surface area contributed by atoms with Crippen LogP contribution in [0.1, 0.15) is 44.1 Å². The van der Waals surface area contributed by atoms with Crippen LogP contribution < -0.4 is 4.18 Å². The van der Waals surface area contributed by atoms with Gasteiger partial charge < -0.3 is 9.08 Å². The van der Waals surface area contributed by atoms with Gasteiger partial charge in [-0.15, -0.1) is 0 Å². The van der Waals surface area contributed by atoms with Crippen molar-refractivity contribution in [3.8, 4) is 5.75 Å². The summed E-state index contributed by atoms with van der Waals surface area (Å²) in [6, 6.07) is 5.90. The van der Waals surface area contributed by atoms with E-state index in [1.165, 1.54) is 24.6 Å². The Morgan fingerprint density at radius 1 is 1.07 bits per heavy atom. The first-order valence-corrected chi connectivity index (χ1v) is 10.5. The molecule has 9 heteroatoms. The van der Waals surface area contributed by atoms with Gasteiger partial charge in [0.15, 0.2) is 0 Å². The number of carbonyl (C=O) groups excluding carboxylic acids is 1. The summed E-state index contributed by atoms with van der Waals surface area (Å²) in [6.45, 7) is 0.637. The summed E-state index contributed by atoms with van der Waals surface area (Å²) in [4.78, 5) is 14.6. The lowest BCUT2D eigenvalue weighted by Crippen LogP contribution is -2.39. The Balaban J connectivity index is 1.72. The fraction of sp³-hybridized carbons (Fsp3) is 0.611. The minimum Gasteiger partial charge on any atom is -0.376 e. The van der Waals surface area contributed by atoms with E-state index in [0.29, 0.717) is 13.0 Å². The molecule has 1 aliphatic heterocycles. The van der Waals surface area contributed by atoms with Crippen LogP contribution in [0.4, 0.5) is 13.2 Å². The summed E-state index contributed by atoms with van der Waals surface area (Å²) in [7, 11) is -5.74. The van der Waals surface area contributed by atoms with Gasteiger partial charge in [-0.3, -0.25) is 4.79 Å². The number of halogens is 3. The van der Waals surface area contributed by atoms with Gasteiger partial charge in [0.2, 0.25) is 5.91 Å². The third kappa shape index (κ3) is 4.39. The molecule has 3 rings (SSSR count). The van der Waals surface area contributed by atoms with E-state index in [2.05, 4.69) is 4.18 Å². The highest BCUT2D eigenvalue weighted by Gasteiger charge is 2.49. The summed E-state index contributed by atoms with van der Waals surface area (Å²) < 4.78 is 64.7. The zero-order valence-corrected chi connectivity index (χ0v) is 15.6. The maximum Gasteiger partial charge on any atom is 0.534 e. The van der Waals surface area contributed by atoms with E-state index in [1.54, 1.807) is 6.07 Å². The number of hydrogen-bond acceptors (Lipinski definition) is 4. The van der Waals surface area contributed by atoms with E-state index in [4.69, 9.17) is 0 Å². The normalized spacial score (nSPS) is 22.3. The molecule has 1 amide bonds. The highest BCUT2D eigenvalue weighted by Crippen LogP contribution is 2.34. The molecule has 27 heavy (non-hydrogen) atoms. The van der Waals surface area contributed by atoms with Crippen LogP contribution in [-0.4, -0.2) is 37.3 Å². The number of alkyl halides is 3. The van der Waals surface area contributed by atoms with Gasteiger partial charge in [0.25, 0.3) is 0 Å². The number of rotatable bonds is 5. The lowest BCUT2D eigenvalue weighted by Gasteiger charge is -2.31. The average Bonchev–Trinajstić information content (AvgIpc) is 2.97. The van der Waals surface area contributed by atoms with Gasteiger partial charge in [-0.25, -0.2) is 0 Å². The molecule has 2 fully saturated rings. The van der Waals surface area contributed by atoms with E-state index in [0.717, 1.165) is 25.7 Å². The predicted octanol–water partition coefficient (Wildman–Crippen LogP) is 3.64. The predicted molar refractivity (Wildman–Crippen MR) is 92.4 cm³/mol. The van der Waals surface area contributed by atoms with Crippen molar-refractivity contribution in [3.63, 3.8) is 0 Å². The maximum absolute atomic E-state index is 12.8. The molecule has 0 aromatic heterocycles. The minimum absolute atomic E-state index is 0.00428. The summed E-state index contributed by atoms with van der Waals surface area (Å²) in [5.74, 6) is -0.751. The van der Waals surface area contributed by atoms with Crippen LogP contribution in [0.5, 0.6) is 5.75 Å². The molecule has 1 aromatic rings. The number of likely N-dealkylation sites (tertiary alicyclic amines) is 1. The van der Waals surface area contributed by atoms with Crippen molar-refractivity contribution in [2.24, 2.45) is 5.92 Å². The second-order valence-electron chi connectivity index (χ2n) is 7.10. The lowest BCUT2D eigenvalue weighted by atomic mass is 9.94. The topological polar surface area (TPSA) is 63.7 Å².